The summed E-state index contributed by atoms with van der Waals surface area (Å²) in [6.45, 7) is 1.86. The van der Waals surface area contributed by atoms with Crippen LogP contribution in [0.25, 0.3) is 0 Å². The summed E-state index contributed by atoms with van der Waals surface area (Å²) in [5.74, 6) is 1.03. The SMILES string of the molecule is Cc1nc(NC(=O)CCOc2ccc(Cl)cc2)cc(=O)[nH]1. The van der Waals surface area contributed by atoms with E-state index in [0.29, 0.717) is 16.6 Å². The van der Waals surface area contributed by atoms with Crippen LogP contribution in [0.3, 0.4) is 0 Å². The third-order valence-electron chi connectivity index (χ3n) is 2.54. The van der Waals surface area contributed by atoms with Crippen LogP contribution < -0.4 is 15.6 Å². The Bertz CT molecular complexity index is 683. The van der Waals surface area contributed by atoms with Gasteiger partial charge in [0.15, 0.2) is 0 Å². The summed E-state index contributed by atoms with van der Waals surface area (Å²) in [5.41, 5.74) is -0.310. The number of nitrogens with one attached hydrogen (secondary N) is 2. The van der Waals surface area contributed by atoms with Crippen LogP contribution in [0.1, 0.15) is 12.2 Å². The number of hydrogen-bond acceptors (Lipinski definition) is 4. The smallest absolute Gasteiger partial charge is 0.252 e. The Hall–Kier alpha value is -2.34. The molecule has 0 atom stereocenters. The largest absolute Gasteiger partial charge is 0.493 e. The van der Waals surface area contributed by atoms with E-state index in [1.165, 1.54) is 6.07 Å². The Morgan fingerprint density at radius 3 is 2.76 bits per heavy atom. The van der Waals surface area contributed by atoms with Gasteiger partial charge in [-0.15, -0.1) is 0 Å². The first-order valence-electron chi connectivity index (χ1n) is 6.29. The van der Waals surface area contributed by atoms with Crippen LogP contribution in [0.2, 0.25) is 5.02 Å². The molecule has 0 saturated carbocycles. The summed E-state index contributed by atoms with van der Waals surface area (Å²) in [4.78, 5) is 29.5. The number of benzene rings is 1. The van der Waals surface area contributed by atoms with E-state index < -0.39 is 0 Å². The van der Waals surface area contributed by atoms with Gasteiger partial charge in [-0.2, -0.15) is 0 Å². The van der Waals surface area contributed by atoms with Gasteiger partial charge < -0.3 is 15.0 Å². The van der Waals surface area contributed by atoms with Gasteiger partial charge in [0, 0.05) is 11.1 Å². The highest BCUT2D eigenvalue weighted by Gasteiger charge is 2.05. The zero-order valence-electron chi connectivity index (χ0n) is 11.4. The maximum absolute atomic E-state index is 11.7. The second kappa shape index (κ2) is 6.90. The van der Waals surface area contributed by atoms with E-state index in [0.717, 1.165) is 0 Å². The molecule has 0 radical (unpaired) electrons. The van der Waals surface area contributed by atoms with Crippen molar-refractivity contribution in [3.63, 3.8) is 0 Å². The van der Waals surface area contributed by atoms with E-state index in [-0.39, 0.29) is 30.3 Å². The van der Waals surface area contributed by atoms with Gasteiger partial charge in [-0.1, -0.05) is 11.6 Å². The highest BCUT2D eigenvalue weighted by atomic mass is 35.5. The Labute approximate surface area is 126 Å². The van der Waals surface area contributed by atoms with E-state index in [1.54, 1.807) is 31.2 Å². The lowest BCUT2D eigenvalue weighted by atomic mass is 10.3. The van der Waals surface area contributed by atoms with E-state index in [1.807, 2.05) is 0 Å². The van der Waals surface area contributed by atoms with E-state index in [4.69, 9.17) is 16.3 Å². The number of hydrogen-bond donors (Lipinski definition) is 2. The molecule has 0 aliphatic rings. The molecular formula is C14H14ClN3O3. The van der Waals surface area contributed by atoms with Gasteiger partial charge in [0.05, 0.1) is 13.0 Å². The van der Waals surface area contributed by atoms with Crippen LogP contribution in [-0.2, 0) is 4.79 Å². The first-order valence-corrected chi connectivity index (χ1v) is 6.67. The van der Waals surface area contributed by atoms with Gasteiger partial charge in [0.25, 0.3) is 5.56 Å². The number of aromatic amines is 1. The van der Waals surface area contributed by atoms with Crippen molar-refractivity contribution in [3.8, 4) is 5.75 Å². The van der Waals surface area contributed by atoms with Gasteiger partial charge in [-0.05, 0) is 31.2 Å². The molecule has 2 aromatic rings. The van der Waals surface area contributed by atoms with Gasteiger partial charge in [-0.25, -0.2) is 4.98 Å². The molecule has 0 aliphatic carbocycles. The number of aryl methyl sites for hydroxylation is 1. The van der Waals surface area contributed by atoms with Crippen molar-refractivity contribution >= 4 is 23.3 Å². The summed E-state index contributed by atoms with van der Waals surface area (Å²) >= 11 is 5.76. The molecule has 1 amide bonds. The average molecular weight is 308 g/mol. The van der Waals surface area contributed by atoms with Crippen LogP contribution in [0.5, 0.6) is 5.75 Å². The first-order chi connectivity index (χ1) is 10.0. The van der Waals surface area contributed by atoms with Crippen LogP contribution in [-0.4, -0.2) is 22.5 Å². The van der Waals surface area contributed by atoms with Gasteiger partial charge in [0.2, 0.25) is 5.91 Å². The van der Waals surface area contributed by atoms with E-state index in [9.17, 15) is 9.59 Å². The molecule has 110 valence electrons. The molecular weight excluding hydrogens is 294 g/mol. The summed E-state index contributed by atoms with van der Waals surface area (Å²) in [5, 5.41) is 3.17. The molecule has 0 fully saturated rings. The quantitative estimate of drug-likeness (QED) is 0.886. The summed E-state index contributed by atoms with van der Waals surface area (Å²) in [6.07, 6.45) is 0.149. The second-order valence-corrected chi connectivity index (χ2v) is 4.75. The third-order valence-corrected chi connectivity index (χ3v) is 2.79. The number of carbonyl (C=O) groups is 1. The third kappa shape index (κ3) is 4.92. The minimum Gasteiger partial charge on any atom is -0.493 e. The molecule has 0 spiro atoms. The molecule has 2 N–H and O–H groups in total. The fraction of sp³-hybridized carbons (Fsp3) is 0.214. The highest BCUT2D eigenvalue weighted by molar-refractivity contribution is 6.30. The molecule has 21 heavy (non-hydrogen) atoms. The number of rotatable bonds is 5. The fourth-order valence-electron chi connectivity index (χ4n) is 1.64. The Balaban J connectivity index is 1.82. The zero-order valence-corrected chi connectivity index (χ0v) is 12.1. The topological polar surface area (TPSA) is 84.1 Å². The lowest BCUT2D eigenvalue weighted by Gasteiger charge is -2.07. The Kier molecular flexibility index (Phi) is 4.94. The van der Waals surface area contributed by atoms with E-state index >= 15 is 0 Å². The average Bonchev–Trinajstić information content (AvgIpc) is 2.39. The number of amides is 1. The fourth-order valence-corrected chi connectivity index (χ4v) is 1.77. The maximum atomic E-state index is 11.7. The standard InChI is InChI=1S/C14H14ClN3O3/c1-9-16-12(8-14(20)17-9)18-13(19)6-7-21-11-4-2-10(15)3-5-11/h2-5,8H,6-7H2,1H3,(H2,16,17,18,19,20). The number of nitrogens with zero attached hydrogens (tertiary/aromatic N) is 1. The molecule has 6 nitrogen and oxygen atoms in total. The van der Waals surface area contributed by atoms with Gasteiger partial charge in [-0.3, -0.25) is 9.59 Å². The van der Waals surface area contributed by atoms with Crippen LogP contribution in [0.4, 0.5) is 5.82 Å². The minimum absolute atomic E-state index is 0.149. The zero-order chi connectivity index (χ0) is 15.2. The van der Waals surface area contributed by atoms with Crippen molar-refractivity contribution in [1.82, 2.24) is 9.97 Å². The number of anilines is 1. The highest BCUT2D eigenvalue weighted by Crippen LogP contribution is 2.15. The molecule has 1 aromatic heterocycles. The molecule has 1 heterocycles. The van der Waals surface area contributed by atoms with Gasteiger partial charge in [0.1, 0.15) is 17.4 Å². The molecule has 2 rings (SSSR count). The molecule has 0 aliphatic heterocycles. The van der Waals surface area contributed by atoms with Crippen molar-refractivity contribution in [2.75, 3.05) is 11.9 Å². The first kappa shape index (κ1) is 15.1. The monoisotopic (exact) mass is 307 g/mol. The van der Waals surface area contributed by atoms with Crippen molar-refractivity contribution in [1.29, 1.82) is 0 Å². The molecule has 7 heteroatoms. The lowest BCUT2D eigenvalue weighted by Crippen LogP contribution is -2.18. The minimum atomic E-state index is -0.310. The van der Waals surface area contributed by atoms with Crippen molar-refractivity contribution in [3.05, 3.63) is 51.5 Å². The summed E-state index contributed by atoms with van der Waals surface area (Å²) in [6, 6.07) is 8.09. The number of halogens is 1. The summed E-state index contributed by atoms with van der Waals surface area (Å²) in [7, 11) is 0. The van der Waals surface area contributed by atoms with Crippen LogP contribution in [0.15, 0.2) is 35.1 Å². The Morgan fingerprint density at radius 2 is 2.10 bits per heavy atom. The predicted octanol–water partition coefficient (Wildman–Crippen LogP) is 2.14. The number of ether oxygens (including phenoxy) is 1. The van der Waals surface area contributed by atoms with Crippen LogP contribution >= 0.6 is 11.6 Å². The number of carbonyl (C=O) groups excluding carboxylic acids is 1. The lowest BCUT2D eigenvalue weighted by molar-refractivity contribution is -0.116. The molecule has 0 bridgehead atoms. The van der Waals surface area contributed by atoms with E-state index in [2.05, 4.69) is 15.3 Å². The van der Waals surface area contributed by atoms with Crippen molar-refractivity contribution < 1.29 is 9.53 Å². The normalized spacial score (nSPS) is 10.2. The van der Waals surface area contributed by atoms with Crippen molar-refractivity contribution in [2.45, 2.75) is 13.3 Å². The predicted molar refractivity (Wildman–Crippen MR) is 79.8 cm³/mol. The van der Waals surface area contributed by atoms with Crippen LogP contribution in [0, 0.1) is 6.92 Å². The second-order valence-electron chi connectivity index (χ2n) is 4.32. The van der Waals surface area contributed by atoms with Crippen molar-refractivity contribution in [2.24, 2.45) is 0 Å². The molecule has 0 unspecified atom stereocenters. The summed E-state index contributed by atoms with van der Waals surface area (Å²) < 4.78 is 5.41. The molecule has 0 saturated heterocycles. The maximum Gasteiger partial charge on any atom is 0.252 e. The van der Waals surface area contributed by atoms with Gasteiger partial charge >= 0.3 is 0 Å². The number of aromatic nitrogens is 2. The molecule has 1 aromatic carbocycles. The Morgan fingerprint density at radius 1 is 1.38 bits per heavy atom. The number of H-pyrrole nitrogens is 1.